The number of nitrogens with one attached hydrogen (secondary N) is 1. The van der Waals surface area contributed by atoms with Crippen LogP contribution in [-0.2, 0) is 4.74 Å². The molecular weight excluding hydrogens is 224 g/mol. The molecule has 0 rings (SSSR count). The average molecular weight is 258 g/mol. The lowest BCUT2D eigenvalue weighted by atomic mass is 9.99. The second kappa shape index (κ2) is 10.8. The lowest BCUT2D eigenvalue weighted by molar-refractivity contribution is 0.0679. The minimum atomic E-state index is 0.599. The molecule has 0 fully saturated rings. The molecule has 0 radical (unpaired) electrons. The van der Waals surface area contributed by atoms with Crippen LogP contribution in [0, 0.1) is 5.92 Å². The molecule has 0 aliphatic heterocycles. The van der Waals surface area contributed by atoms with Gasteiger partial charge in [-0.2, -0.15) is 0 Å². The highest BCUT2D eigenvalue weighted by atomic mass is 16.5. The highest BCUT2D eigenvalue weighted by Crippen LogP contribution is 2.15. The first kappa shape index (κ1) is 17.9. The van der Waals surface area contributed by atoms with E-state index >= 15 is 0 Å². The van der Waals surface area contributed by atoms with Crippen molar-refractivity contribution in [2.75, 3.05) is 33.4 Å². The molecule has 0 heterocycles. The predicted octanol–water partition coefficient (Wildman–Crippen LogP) is 2.76. The summed E-state index contributed by atoms with van der Waals surface area (Å²) in [6.07, 6.45) is 2.40. The number of methoxy groups -OCH3 is 1. The Morgan fingerprint density at radius 3 is 2.28 bits per heavy atom. The van der Waals surface area contributed by atoms with Crippen molar-refractivity contribution in [2.24, 2.45) is 5.92 Å². The van der Waals surface area contributed by atoms with E-state index in [4.69, 9.17) is 4.74 Å². The second-order valence-electron chi connectivity index (χ2n) is 5.50. The first-order valence-corrected chi connectivity index (χ1v) is 7.53. The number of hydrogen-bond donors (Lipinski definition) is 1. The van der Waals surface area contributed by atoms with E-state index in [-0.39, 0.29) is 0 Å². The second-order valence-corrected chi connectivity index (χ2v) is 5.50. The van der Waals surface area contributed by atoms with Gasteiger partial charge in [0, 0.05) is 32.3 Å². The molecule has 2 unspecified atom stereocenters. The molecule has 110 valence electrons. The van der Waals surface area contributed by atoms with Crippen LogP contribution in [0.3, 0.4) is 0 Å². The molecular formula is C15H34N2O. The molecule has 0 spiro atoms. The van der Waals surface area contributed by atoms with Gasteiger partial charge < -0.3 is 10.1 Å². The lowest BCUT2D eigenvalue weighted by Crippen LogP contribution is -2.50. The maximum absolute atomic E-state index is 5.26. The zero-order valence-electron chi connectivity index (χ0n) is 13.3. The van der Waals surface area contributed by atoms with Gasteiger partial charge in [0.2, 0.25) is 0 Å². The van der Waals surface area contributed by atoms with Crippen LogP contribution in [0.4, 0.5) is 0 Å². The minimum Gasteiger partial charge on any atom is -0.383 e. The Hall–Kier alpha value is -0.120. The standard InChI is InChI=1S/C15H34N2O/c1-7-9-16-12-15(13(3)4)17(10-11-18-6)14(5)8-2/h13-16H,7-12H2,1-6H3. The van der Waals surface area contributed by atoms with Gasteiger partial charge in [0.25, 0.3) is 0 Å². The van der Waals surface area contributed by atoms with Gasteiger partial charge >= 0.3 is 0 Å². The molecule has 1 N–H and O–H groups in total. The summed E-state index contributed by atoms with van der Waals surface area (Å²) in [7, 11) is 1.79. The fraction of sp³-hybridized carbons (Fsp3) is 1.00. The highest BCUT2D eigenvalue weighted by molar-refractivity contribution is 4.80. The summed E-state index contributed by atoms with van der Waals surface area (Å²) < 4.78 is 5.26. The van der Waals surface area contributed by atoms with Crippen molar-refractivity contribution < 1.29 is 4.74 Å². The van der Waals surface area contributed by atoms with Crippen LogP contribution in [0.2, 0.25) is 0 Å². The van der Waals surface area contributed by atoms with Gasteiger partial charge in [0.1, 0.15) is 0 Å². The summed E-state index contributed by atoms with van der Waals surface area (Å²) in [4.78, 5) is 2.61. The summed E-state index contributed by atoms with van der Waals surface area (Å²) in [5.41, 5.74) is 0. The van der Waals surface area contributed by atoms with E-state index in [0.717, 1.165) is 26.2 Å². The Kier molecular flexibility index (Phi) is 10.7. The molecule has 3 nitrogen and oxygen atoms in total. The Labute approximate surface area is 114 Å². The van der Waals surface area contributed by atoms with Crippen molar-refractivity contribution in [2.45, 2.75) is 59.5 Å². The van der Waals surface area contributed by atoms with Gasteiger partial charge in [-0.05, 0) is 32.2 Å². The first-order chi connectivity index (χ1) is 8.58. The quantitative estimate of drug-likeness (QED) is 0.577. The summed E-state index contributed by atoms with van der Waals surface area (Å²) >= 11 is 0. The van der Waals surface area contributed by atoms with Crippen LogP contribution < -0.4 is 5.32 Å². The molecule has 0 saturated carbocycles. The van der Waals surface area contributed by atoms with Gasteiger partial charge in [-0.15, -0.1) is 0 Å². The van der Waals surface area contributed by atoms with Crippen molar-refractivity contribution in [1.29, 1.82) is 0 Å². The molecule has 3 heteroatoms. The third-order valence-corrected chi connectivity index (χ3v) is 3.69. The summed E-state index contributed by atoms with van der Waals surface area (Å²) in [6.45, 7) is 15.5. The molecule has 2 atom stereocenters. The summed E-state index contributed by atoms with van der Waals surface area (Å²) in [5.74, 6) is 0.667. The monoisotopic (exact) mass is 258 g/mol. The average Bonchev–Trinajstić information content (AvgIpc) is 2.36. The van der Waals surface area contributed by atoms with Crippen LogP contribution in [0.5, 0.6) is 0 Å². The van der Waals surface area contributed by atoms with E-state index in [1.54, 1.807) is 7.11 Å². The van der Waals surface area contributed by atoms with Crippen molar-refractivity contribution >= 4 is 0 Å². The van der Waals surface area contributed by atoms with Crippen LogP contribution in [0.15, 0.2) is 0 Å². The van der Waals surface area contributed by atoms with Crippen molar-refractivity contribution in [3.8, 4) is 0 Å². The van der Waals surface area contributed by atoms with Gasteiger partial charge in [0.15, 0.2) is 0 Å². The Bertz CT molecular complexity index is 185. The fourth-order valence-electron chi connectivity index (χ4n) is 2.31. The molecule has 0 aromatic heterocycles. The Balaban J connectivity index is 4.52. The van der Waals surface area contributed by atoms with Gasteiger partial charge in [0.05, 0.1) is 6.61 Å². The van der Waals surface area contributed by atoms with Gasteiger partial charge in [-0.3, -0.25) is 4.90 Å². The maximum Gasteiger partial charge on any atom is 0.0589 e. The normalized spacial score (nSPS) is 15.3. The molecule has 0 aliphatic carbocycles. The van der Waals surface area contributed by atoms with Gasteiger partial charge in [-0.25, -0.2) is 0 Å². The highest BCUT2D eigenvalue weighted by Gasteiger charge is 2.24. The molecule has 0 bridgehead atoms. The van der Waals surface area contributed by atoms with E-state index in [9.17, 15) is 0 Å². The van der Waals surface area contributed by atoms with Crippen LogP contribution in [0.1, 0.15) is 47.5 Å². The van der Waals surface area contributed by atoms with E-state index in [0.29, 0.717) is 18.0 Å². The van der Waals surface area contributed by atoms with Crippen molar-refractivity contribution in [3.05, 3.63) is 0 Å². The molecule has 0 aromatic rings. The smallest absolute Gasteiger partial charge is 0.0589 e. The SMILES string of the molecule is CCCNCC(C(C)C)N(CCOC)C(C)CC. The van der Waals surface area contributed by atoms with E-state index in [1.807, 2.05) is 0 Å². The molecule has 0 amide bonds. The van der Waals surface area contributed by atoms with Crippen LogP contribution in [-0.4, -0.2) is 50.3 Å². The van der Waals surface area contributed by atoms with Crippen LogP contribution in [0.25, 0.3) is 0 Å². The van der Waals surface area contributed by atoms with E-state index in [1.165, 1.54) is 12.8 Å². The number of nitrogens with zero attached hydrogens (tertiary/aromatic N) is 1. The zero-order chi connectivity index (χ0) is 14.0. The third kappa shape index (κ3) is 6.72. The lowest BCUT2D eigenvalue weighted by Gasteiger charge is -2.38. The third-order valence-electron chi connectivity index (χ3n) is 3.69. The largest absolute Gasteiger partial charge is 0.383 e. The first-order valence-electron chi connectivity index (χ1n) is 7.53. The van der Waals surface area contributed by atoms with E-state index < -0.39 is 0 Å². The summed E-state index contributed by atoms with van der Waals surface area (Å²) in [6, 6.07) is 1.22. The Morgan fingerprint density at radius 1 is 1.17 bits per heavy atom. The fourth-order valence-corrected chi connectivity index (χ4v) is 2.31. The number of hydrogen-bond acceptors (Lipinski definition) is 3. The summed E-state index contributed by atoms with van der Waals surface area (Å²) in [5, 5.41) is 3.57. The predicted molar refractivity (Wildman–Crippen MR) is 80.1 cm³/mol. The van der Waals surface area contributed by atoms with Gasteiger partial charge in [-0.1, -0.05) is 27.7 Å². The topological polar surface area (TPSA) is 24.5 Å². The van der Waals surface area contributed by atoms with E-state index in [2.05, 4.69) is 44.8 Å². The molecule has 0 aliphatic rings. The molecule has 0 aromatic carbocycles. The number of rotatable bonds is 11. The number of ether oxygens (including phenoxy) is 1. The molecule has 18 heavy (non-hydrogen) atoms. The minimum absolute atomic E-state index is 0.599. The van der Waals surface area contributed by atoms with Crippen molar-refractivity contribution in [3.63, 3.8) is 0 Å². The van der Waals surface area contributed by atoms with Crippen LogP contribution >= 0.6 is 0 Å². The Morgan fingerprint density at radius 2 is 1.83 bits per heavy atom. The maximum atomic E-state index is 5.26. The van der Waals surface area contributed by atoms with Crippen molar-refractivity contribution in [1.82, 2.24) is 10.2 Å². The zero-order valence-corrected chi connectivity index (χ0v) is 13.3. The molecule has 0 saturated heterocycles.